The van der Waals surface area contributed by atoms with Gasteiger partial charge in [0.15, 0.2) is 16.6 Å². The van der Waals surface area contributed by atoms with Gasteiger partial charge in [-0.05, 0) is 104 Å². The van der Waals surface area contributed by atoms with Crippen LogP contribution in [0.3, 0.4) is 0 Å². The smallest absolute Gasteiger partial charge is 0.192 e. The second kappa shape index (κ2) is 14.0. The van der Waals surface area contributed by atoms with Crippen LogP contribution in [0.1, 0.15) is 108 Å². The standard InChI is InChI=1S/C38H68O3SSi2/c1-26(2)34(39)25-42-28(4)32-20-21-33-29(17-16-22-38(32,33)11)18-19-30-23-31(40-43(12,13)36(5,6)7)24-35(27(30)3)41-44(14,15)37(8,9)10/h18-20,26,28,31,33-35,39H,3,16-17,21-25H2,1-2,4-15H3/t28-,31+,33-,34+,35-,38+/m0/s1. The van der Waals surface area contributed by atoms with E-state index in [2.05, 4.69) is 120 Å². The highest BCUT2D eigenvalue weighted by atomic mass is 32.2. The molecular weight excluding hydrogens is 593 g/mol. The van der Waals surface area contributed by atoms with Crippen molar-refractivity contribution in [3.8, 4) is 0 Å². The van der Waals surface area contributed by atoms with Gasteiger partial charge in [-0.25, -0.2) is 0 Å². The lowest BCUT2D eigenvalue weighted by Gasteiger charge is -2.45. The van der Waals surface area contributed by atoms with Crippen LogP contribution in [-0.4, -0.2) is 51.1 Å². The van der Waals surface area contributed by atoms with Crippen molar-refractivity contribution in [3.63, 3.8) is 0 Å². The minimum Gasteiger partial charge on any atom is -0.413 e. The highest BCUT2D eigenvalue weighted by Gasteiger charge is 2.47. The summed E-state index contributed by atoms with van der Waals surface area (Å²) in [6.07, 6.45) is 14.0. The molecule has 0 aromatic carbocycles. The molecule has 1 N–H and O–H groups in total. The molecule has 0 heterocycles. The molecule has 3 aliphatic rings. The lowest BCUT2D eigenvalue weighted by molar-refractivity contribution is 0.0969. The van der Waals surface area contributed by atoms with Gasteiger partial charge >= 0.3 is 0 Å². The molecule has 6 atom stereocenters. The fourth-order valence-electron chi connectivity index (χ4n) is 6.77. The van der Waals surface area contributed by atoms with Crippen molar-refractivity contribution in [2.75, 3.05) is 5.75 Å². The quantitative estimate of drug-likeness (QED) is 0.187. The van der Waals surface area contributed by atoms with Gasteiger partial charge in [-0.2, -0.15) is 11.8 Å². The van der Waals surface area contributed by atoms with Crippen molar-refractivity contribution in [3.05, 3.63) is 47.1 Å². The average Bonchev–Trinajstić information content (AvgIpc) is 3.23. The van der Waals surface area contributed by atoms with Crippen LogP contribution in [0.25, 0.3) is 0 Å². The van der Waals surface area contributed by atoms with Crippen molar-refractivity contribution in [2.24, 2.45) is 17.3 Å². The maximum atomic E-state index is 10.4. The summed E-state index contributed by atoms with van der Waals surface area (Å²) in [5.74, 6) is 1.68. The zero-order chi connectivity index (χ0) is 33.5. The number of hydrogen-bond acceptors (Lipinski definition) is 4. The minimum absolute atomic E-state index is 0.0134. The lowest BCUT2D eigenvalue weighted by Crippen LogP contribution is -2.49. The van der Waals surface area contributed by atoms with E-state index in [1.807, 2.05) is 11.8 Å². The molecule has 3 aliphatic carbocycles. The molecule has 0 radical (unpaired) electrons. The highest BCUT2D eigenvalue weighted by Crippen LogP contribution is 2.57. The topological polar surface area (TPSA) is 38.7 Å². The van der Waals surface area contributed by atoms with Crippen LogP contribution >= 0.6 is 11.8 Å². The Labute approximate surface area is 279 Å². The Kier molecular flexibility index (Phi) is 12.1. The molecular formula is C38H68O3SSi2. The molecule has 2 fully saturated rings. The summed E-state index contributed by atoms with van der Waals surface area (Å²) >= 11 is 1.93. The molecule has 252 valence electrons. The molecule has 2 saturated carbocycles. The van der Waals surface area contributed by atoms with E-state index in [-0.39, 0.29) is 33.8 Å². The zero-order valence-electron chi connectivity index (χ0n) is 31.0. The van der Waals surface area contributed by atoms with Gasteiger partial charge < -0.3 is 14.0 Å². The van der Waals surface area contributed by atoms with E-state index >= 15 is 0 Å². The van der Waals surface area contributed by atoms with Crippen molar-refractivity contribution in [1.29, 1.82) is 0 Å². The van der Waals surface area contributed by atoms with Crippen molar-refractivity contribution >= 4 is 28.4 Å². The predicted molar refractivity (Wildman–Crippen MR) is 200 cm³/mol. The number of allylic oxidation sites excluding steroid dienone is 4. The molecule has 44 heavy (non-hydrogen) atoms. The van der Waals surface area contributed by atoms with Crippen LogP contribution in [0.4, 0.5) is 0 Å². The van der Waals surface area contributed by atoms with Crippen LogP contribution in [-0.2, 0) is 8.85 Å². The van der Waals surface area contributed by atoms with Crippen molar-refractivity contribution in [2.45, 2.75) is 168 Å². The van der Waals surface area contributed by atoms with Crippen LogP contribution in [0.5, 0.6) is 0 Å². The van der Waals surface area contributed by atoms with Gasteiger partial charge in [-0.15, -0.1) is 0 Å². The zero-order valence-corrected chi connectivity index (χ0v) is 33.8. The monoisotopic (exact) mass is 660 g/mol. The van der Waals surface area contributed by atoms with Gasteiger partial charge in [0.05, 0.1) is 18.3 Å². The SMILES string of the molecule is C=C1C(=CC=C2CCC[C@]3(C)C([C@H](C)SC[C@@H](O)C(C)C)=CC[C@@H]23)C[C@@H](O[Si](C)(C)C(C)(C)C)C[C@@H]1O[Si](C)(C)C(C)(C)C. The van der Waals surface area contributed by atoms with Crippen molar-refractivity contribution < 1.29 is 14.0 Å². The third-order valence-corrected chi connectivity index (χ3v) is 22.4. The van der Waals surface area contributed by atoms with Gasteiger partial charge in [-0.3, -0.25) is 0 Å². The second-order valence-corrected chi connectivity index (χ2v) is 28.7. The third kappa shape index (κ3) is 8.55. The lowest BCUT2D eigenvalue weighted by atomic mass is 9.64. The highest BCUT2D eigenvalue weighted by molar-refractivity contribution is 8.00. The van der Waals surface area contributed by atoms with Gasteiger partial charge in [0.2, 0.25) is 0 Å². The van der Waals surface area contributed by atoms with E-state index in [4.69, 9.17) is 8.85 Å². The number of hydrogen-bond donors (Lipinski definition) is 1. The van der Waals surface area contributed by atoms with E-state index in [1.165, 1.54) is 30.4 Å². The number of fused-ring (bicyclic) bond motifs is 1. The molecule has 0 aromatic rings. The molecule has 3 nitrogen and oxygen atoms in total. The van der Waals surface area contributed by atoms with Gasteiger partial charge in [-0.1, -0.05) is 98.3 Å². The first-order chi connectivity index (χ1) is 20.0. The summed E-state index contributed by atoms with van der Waals surface area (Å²) in [7, 11) is -3.91. The van der Waals surface area contributed by atoms with Crippen LogP contribution in [0.15, 0.2) is 47.1 Å². The number of aliphatic hydroxyl groups is 1. The molecule has 0 saturated heterocycles. The molecule has 0 unspecified atom stereocenters. The molecule has 0 amide bonds. The fourth-order valence-corrected chi connectivity index (χ4v) is 10.9. The second-order valence-electron chi connectivity index (χ2n) is 17.8. The summed E-state index contributed by atoms with van der Waals surface area (Å²) in [5.41, 5.74) is 5.90. The molecule has 0 aromatic heterocycles. The van der Waals surface area contributed by atoms with Crippen LogP contribution in [0, 0.1) is 17.3 Å². The number of rotatable bonds is 10. The normalized spacial score (nSPS) is 30.6. The summed E-state index contributed by atoms with van der Waals surface area (Å²) in [6.45, 7) is 37.2. The first kappa shape index (κ1) is 38.1. The van der Waals surface area contributed by atoms with Crippen molar-refractivity contribution in [1.82, 2.24) is 0 Å². The van der Waals surface area contributed by atoms with Gasteiger partial charge in [0, 0.05) is 17.4 Å². The van der Waals surface area contributed by atoms with Gasteiger partial charge in [0.1, 0.15) is 0 Å². The Morgan fingerprint density at radius 1 is 1.02 bits per heavy atom. The first-order valence-corrected chi connectivity index (χ1v) is 24.3. The molecule has 3 rings (SSSR count). The van der Waals surface area contributed by atoms with Gasteiger partial charge in [0.25, 0.3) is 0 Å². The van der Waals surface area contributed by atoms with E-state index in [9.17, 15) is 5.11 Å². The Balaban J connectivity index is 1.87. The summed E-state index contributed by atoms with van der Waals surface area (Å²) in [4.78, 5) is 0. The fraction of sp³-hybridized carbons (Fsp3) is 0.789. The largest absolute Gasteiger partial charge is 0.413 e. The molecule has 0 bridgehead atoms. The third-order valence-electron chi connectivity index (χ3n) is 12.1. The Bertz CT molecular complexity index is 1120. The number of thioether (sulfide) groups is 1. The predicted octanol–water partition coefficient (Wildman–Crippen LogP) is 11.2. The van der Waals surface area contributed by atoms with E-state index < -0.39 is 16.6 Å². The maximum absolute atomic E-state index is 10.4. The van der Waals surface area contributed by atoms with E-state index in [0.29, 0.717) is 17.1 Å². The average molecular weight is 661 g/mol. The Hall–Kier alpha value is -0.376. The number of aliphatic hydroxyl groups excluding tert-OH is 1. The molecule has 6 heteroatoms. The summed E-state index contributed by atoms with van der Waals surface area (Å²) in [5, 5.41) is 11.2. The van der Waals surface area contributed by atoms with E-state index in [0.717, 1.165) is 25.0 Å². The Morgan fingerprint density at radius 3 is 2.18 bits per heavy atom. The van der Waals surface area contributed by atoms with E-state index in [1.54, 1.807) is 11.1 Å². The summed E-state index contributed by atoms with van der Waals surface area (Å²) in [6, 6.07) is 0. The summed E-state index contributed by atoms with van der Waals surface area (Å²) < 4.78 is 14.1. The van der Waals surface area contributed by atoms with Crippen LogP contribution < -0.4 is 0 Å². The van der Waals surface area contributed by atoms with Crippen LogP contribution in [0.2, 0.25) is 36.3 Å². The molecule has 0 aliphatic heterocycles. The Morgan fingerprint density at radius 2 is 1.61 bits per heavy atom. The minimum atomic E-state index is -1.98. The molecule has 0 spiro atoms. The maximum Gasteiger partial charge on any atom is 0.192 e. The first-order valence-electron chi connectivity index (χ1n) is 17.4.